The molecular weight excluding hydrogens is 440 g/mol. The first-order valence-corrected chi connectivity index (χ1v) is 11.2. The summed E-state index contributed by atoms with van der Waals surface area (Å²) in [6, 6.07) is 26.2. The van der Waals surface area contributed by atoms with E-state index in [1.165, 1.54) is 15.5 Å². The van der Waals surface area contributed by atoms with Crippen LogP contribution >= 0.6 is 0 Å². The third-order valence-corrected chi connectivity index (χ3v) is 5.71. The normalized spacial score (nSPS) is 11.0. The highest BCUT2D eigenvalue weighted by atomic mass is 16.2. The van der Waals surface area contributed by atoms with Gasteiger partial charge in [-0.1, -0.05) is 84.9 Å². The number of nitrogen functional groups attached to an aromatic ring is 1. The molecule has 1 aromatic heterocycles. The predicted octanol–water partition coefficient (Wildman–Crippen LogP) is 3.72. The maximum absolute atomic E-state index is 13.4. The highest BCUT2D eigenvalue weighted by Crippen LogP contribution is 2.21. The monoisotopic (exact) mass is 466 g/mol. The largest absolute Gasteiger partial charge is 0.383 e. The molecule has 0 aliphatic carbocycles. The van der Waals surface area contributed by atoms with Gasteiger partial charge in [-0.3, -0.25) is 24.0 Å². The Morgan fingerprint density at radius 2 is 1.51 bits per heavy atom. The van der Waals surface area contributed by atoms with E-state index in [0.29, 0.717) is 0 Å². The van der Waals surface area contributed by atoms with Crippen LogP contribution in [0.4, 0.5) is 11.5 Å². The van der Waals surface area contributed by atoms with Gasteiger partial charge in [0.2, 0.25) is 0 Å². The highest BCUT2D eigenvalue weighted by Gasteiger charge is 2.23. The number of anilines is 2. The van der Waals surface area contributed by atoms with E-state index in [2.05, 4.69) is 4.98 Å². The summed E-state index contributed by atoms with van der Waals surface area (Å²) in [7, 11) is 0. The van der Waals surface area contributed by atoms with Gasteiger partial charge >= 0.3 is 5.69 Å². The number of aromatic amines is 1. The fraction of sp³-hybridized carbons (Fsp3) is 0.107. The number of carbonyl (C=O) groups excluding carboxylic acids is 1. The van der Waals surface area contributed by atoms with Crippen LogP contribution in [-0.4, -0.2) is 15.5 Å². The molecule has 3 aromatic carbocycles. The zero-order valence-corrected chi connectivity index (χ0v) is 19.3. The summed E-state index contributed by atoms with van der Waals surface area (Å²) in [6.07, 6.45) is 3.12. The van der Waals surface area contributed by atoms with E-state index in [1.54, 1.807) is 6.08 Å². The summed E-state index contributed by atoms with van der Waals surface area (Å²) in [5, 5.41) is 0. The van der Waals surface area contributed by atoms with E-state index < -0.39 is 17.2 Å². The summed E-state index contributed by atoms with van der Waals surface area (Å²) in [4.78, 5) is 42.7. The molecule has 4 rings (SSSR count). The van der Waals surface area contributed by atoms with Crippen LogP contribution in [-0.2, 0) is 17.9 Å². The van der Waals surface area contributed by atoms with Crippen LogP contribution in [0, 0.1) is 6.92 Å². The summed E-state index contributed by atoms with van der Waals surface area (Å²) >= 11 is 0. The number of nitrogens with two attached hydrogens (primary N) is 1. The third-order valence-electron chi connectivity index (χ3n) is 5.71. The van der Waals surface area contributed by atoms with Gasteiger partial charge in [-0.2, -0.15) is 0 Å². The molecule has 0 aliphatic rings. The van der Waals surface area contributed by atoms with E-state index in [4.69, 9.17) is 5.73 Å². The van der Waals surface area contributed by atoms with Crippen molar-refractivity contribution in [2.24, 2.45) is 0 Å². The molecule has 4 aromatic rings. The molecule has 176 valence electrons. The number of rotatable bonds is 7. The van der Waals surface area contributed by atoms with Crippen LogP contribution in [0.25, 0.3) is 6.08 Å². The van der Waals surface area contributed by atoms with Crippen LogP contribution in [0.5, 0.6) is 0 Å². The lowest BCUT2D eigenvalue weighted by atomic mass is 10.1. The second-order valence-corrected chi connectivity index (χ2v) is 8.16. The number of hydrogen-bond acceptors (Lipinski definition) is 4. The topological polar surface area (TPSA) is 101 Å². The number of aryl methyl sites for hydroxylation is 1. The molecule has 7 nitrogen and oxygen atoms in total. The van der Waals surface area contributed by atoms with Crippen LogP contribution in [0.3, 0.4) is 0 Å². The maximum Gasteiger partial charge on any atom is 0.330 e. The molecule has 0 fully saturated rings. The van der Waals surface area contributed by atoms with E-state index in [0.717, 1.165) is 22.3 Å². The zero-order valence-electron chi connectivity index (χ0n) is 19.3. The molecule has 0 aliphatic heterocycles. The molecule has 1 amide bonds. The van der Waals surface area contributed by atoms with Crippen molar-refractivity contribution in [3.05, 3.63) is 134 Å². The lowest BCUT2D eigenvalue weighted by Gasteiger charge is -2.23. The first-order valence-electron chi connectivity index (χ1n) is 11.2. The van der Waals surface area contributed by atoms with Gasteiger partial charge in [-0.05, 0) is 35.3 Å². The number of benzene rings is 3. The maximum atomic E-state index is 13.4. The molecule has 0 bridgehead atoms. The van der Waals surface area contributed by atoms with Crippen molar-refractivity contribution in [3.63, 3.8) is 0 Å². The van der Waals surface area contributed by atoms with Crippen molar-refractivity contribution >= 4 is 23.5 Å². The summed E-state index contributed by atoms with van der Waals surface area (Å²) in [6.45, 7) is 2.21. The first kappa shape index (κ1) is 23.5. The quantitative estimate of drug-likeness (QED) is 0.405. The second-order valence-electron chi connectivity index (χ2n) is 8.16. The smallest absolute Gasteiger partial charge is 0.330 e. The minimum atomic E-state index is -0.717. The van der Waals surface area contributed by atoms with E-state index in [-0.39, 0.29) is 24.6 Å². The molecule has 0 saturated heterocycles. The van der Waals surface area contributed by atoms with Crippen molar-refractivity contribution in [2.75, 3.05) is 10.6 Å². The fourth-order valence-electron chi connectivity index (χ4n) is 3.82. The van der Waals surface area contributed by atoms with Gasteiger partial charge in [0, 0.05) is 6.08 Å². The second kappa shape index (κ2) is 10.5. The Hall–Kier alpha value is -4.65. The molecule has 0 spiro atoms. The number of aromatic nitrogens is 2. The molecule has 35 heavy (non-hydrogen) atoms. The Morgan fingerprint density at radius 3 is 2.17 bits per heavy atom. The van der Waals surface area contributed by atoms with Crippen molar-refractivity contribution in [2.45, 2.75) is 20.0 Å². The van der Waals surface area contributed by atoms with Gasteiger partial charge in [-0.15, -0.1) is 0 Å². The summed E-state index contributed by atoms with van der Waals surface area (Å²) < 4.78 is 1.27. The van der Waals surface area contributed by atoms with Gasteiger partial charge in [0.25, 0.3) is 11.5 Å². The van der Waals surface area contributed by atoms with Crippen molar-refractivity contribution < 1.29 is 4.79 Å². The number of carbonyl (C=O) groups is 1. The fourth-order valence-corrected chi connectivity index (χ4v) is 3.82. The molecule has 1 heterocycles. The minimum Gasteiger partial charge on any atom is -0.383 e. The molecule has 0 radical (unpaired) electrons. The molecule has 7 heteroatoms. The Balaban J connectivity index is 1.79. The van der Waals surface area contributed by atoms with Gasteiger partial charge in [0.1, 0.15) is 5.82 Å². The van der Waals surface area contributed by atoms with Crippen molar-refractivity contribution in [3.8, 4) is 0 Å². The van der Waals surface area contributed by atoms with E-state index in [1.807, 2.05) is 91.9 Å². The SMILES string of the molecule is Cc1ccccc1/C=C\C(=O)N(Cc1ccccc1)c1c(N)n(Cc2ccccc2)c(=O)[nH]c1=O. The number of nitrogens with one attached hydrogen (secondary N) is 1. The minimum absolute atomic E-state index is 0.0659. The number of H-pyrrole nitrogens is 1. The molecule has 3 N–H and O–H groups in total. The average molecular weight is 467 g/mol. The van der Waals surface area contributed by atoms with Gasteiger partial charge in [0.05, 0.1) is 13.1 Å². The lowest BCUT2D eigenvalue weighted by Crippen LogP contribution is -2.40. The van der Waals surface area contributed by atoms with Crippen LogP contribution in [0.1, 0.15) is 22.3 Å². The van der Waals surface area contributed by atoms with Crippen LogP contribution in [0.2, 0.25) is 0 Å². The Morgan fingerprint density at radius 1 is 0.914 bits per heavy atom. The Kier molecular flexibility index (Phi) is 7.07. The molecule has 0 saturated carbocycles. The standard InChI is InChI=1S/C28H26N4O3/c1-20-10-8-9-15-23(20)16-17-24(33)31(18-21-11-4-2-5-12-21)25-26(29)32(28(35)30-27(25)34)19-22-13-6-3-7-14-22/h2-17H,18-19,29H2,1H3,(H,30,34,35)/b17-16-. The van der Waals surface area contributed by atoms with Gasteiger partial charge in [-0.25, -0.2) is 4.79 Å². The van der Waals surface area contributed by atoms with E-state index in [9.17, 15) is 14.4 Å². The predicted molar refractivity (Wildman–Crippen MR) is 139 cm³/mol. The first-order chi connectivity index (χ1) is 16.9. The van der Waals surface area contributed by atoms with Crippen LogP contribution in [0.15, 0.2) is 101 Å². The molecular formula is C28H26N4O3. The lowest BCUT2D eigenvalue weighted by molar-refractivity contribution is -0.114. The Labute approximate surface area is 202 Å². The summed E-state index contributed by atoms with van der Waals surface area (Å²) in [5.74, 6) is -0.504. The van der Waals surface area contributed by atoms with Crippen molar-refractivity contribution in [1.82, 2.24) is 9.55 Å². The van der Waals surface area contributed by atoms with E-state index >= 15 is 0 Å². The number of amides is 1. The van der Waals surface area contributed by atoms with Crippen molar-refractivity contribution in [1.29, 1.82) is 0 Å². The Bertz CT molecular complexity index is 1470. The molecule has 0 unspecified atom stereocenters. The van der Waals surface area contributed by atoms with Gasteiger partial charge < -0.3 is 5.73 Å². The molecule has 0 atom stereocenters. The third kappa shape index (κ3) is 5.47. The highest BCUT2D eigenvalue weighted by molar-refractivity contribution is 6.05. The number of nitrogens with zero attached hydrogens (tertiary/aromatic N) is 2. The average Bonchev–Trinajstić information content (AvgIpc) is 2.86. The van der Waals surface area contributed by atoms with Crippen LogP contribution < -0.4 is 21.9 Å². The van der Waals surface area contributed by atoms with Gasteiger partial charge in [0.15, 0.2) is 5.69 Å². The zero-order chi connectivity index (χ0) is 24.8. The summed E-state index contributed by atoms with van der Waals surface area (Å²) in [5.41, 5.74) is 8.50. The number of hydrogen-bond donors (Lipinski definition) is 2.